The summed E-state index contributed by atoms with van der Waals surface area (Å²) in [4.78, 5) is 79.7. The molecule has 2 aliphatic heterocycles. The van der Waals surface area contributed by atoms with Crippen molar-refractivity contribution in [1.82, 2.24) is 0 Å². The molecule has 0 aromatic heterocycles. The zero-order valence-corrected chi connectivity index (χ0v) is 32.8. The zero-order valence-electron chi connectivity index (χ0n) is 32.8. The summed E-state index contributed by atoms with van der Waals surface area (Å²) in [5.41, 5.74) is 0.261. The van der Waals surface area contributed by atoms with Crippen molar-refractivity contribution in [2.75, 3.05) is 13.2 Å². The second kappa shape index (κ2) is 20.7. The van der Waals surface area contributed by atoms with Gasteiger partial charge < -0.3 is 52.8 Å². The lowest BCUT2D eigenvalue weighted by molar-refractivity contribution is -0.360. The van der Waals surface area contributed by atoms with Crippen molar-refractivity contribution in [2.45, 2.75) is 75.3 Å². The highest BCUT2D eigenvalue weighted by atomic mass is 16.8. The Morgan fingerprint density at radius 1 is 0.475 bits per heavy atom. The molecule has 2 heterocycles. The van der Waals surface area contributed by atoms with Crippen molar-refractivity contribution >= 4 is 35.8 Å². The molecule has 0 unspecified atom stereocenters. The highest BCUT2D eigenvalue weighted by Crippen LogP contribution is 2.35. The second-order valence-corrected chi connectivity index (χ2v) is 13.7. The molecular formula is C44H42O17. The Labute approximate surface area is 348 Å². The molecule has 6 rings (SSSR count). The van der Waals surface area contributed by atoms with Gasteiger partial charge >= 0.3 is 35.8 Å². The molecule has 320 valence electrons. The van der Waals surface area contributed by atoms with Crippen LogP contribution in [0.4, 0.5) is 0 Å². The fraction of sp³-hybridized carbons (Fsp3) is 0.318. The maximum absolute atomic E-state index is 14.0. The quantitative estimate of drug-likeness (QED) is 0.137. The molecule has 61 heavy (non-hydrogen) atoms. The standard InChI is InChI=1S/C44H42O17/c1-25(46)54-33-31(23-45)56-43(52)37(35(33)55-26(2)47)61-44-38(60-42(51)30-21-13-6-14-22-30)36(59-41(50)29-19-11-5-12-20-29)34(58-40(49)28-17-9-4-10-18-28)32(57-44)24-53-39(48)27-15-7-3-8-16-27/h3-22,31-38,43-45,52H,23-24H2,1-2H3/t31-,32-,33-,34-,35+,36+,37+,38+,43+,44-/m1/s1. The van der Waals surface area contributed by atoms with Gasteiger partial charge in [-0.05, 0) is 48.5 Å². The number of aliphatic hydroxyl groups is 2. The van der Waals surface area contributed by atoms with Crippen molar-refractivity contribution in [3.8, 4) is 0 Å². The van der Waals surface area contributed by atoms with Crippen molar-refractivity contribution in [2.24, 2.45) is 0 Å². The molecule has 0 aliphatic carbocycles. The zero-order chi connectivity index (χ0) is 43.5. The Morgan fingerprint density at radius 3 is 1.30 bits per heavy atom. The maximum atomic E-state index is 14.0. The van der Waals surface area contributed by atoms with Crippen molar-refractivity contribution in [1.29, 1.82) is 0 Å². The van der Waals surface area contributed by atoms with Crippen LogP contribution in [0.3, 0.4) is 0 Å². The Kier molecular flexibility index (Phi) is 14.9. The van der Waals surface area contributed by atoms with E-state index in [1.165, 1.54) is 48.5 Å². The molecule has 2 saturated heterocycles. The monoisotopic (exact) mass is 842 g/mol. The lowest BCUT2D eigenvalue weighted by atomic mass is 9.96. The van der Waals surface area contributed by atoms with E-state index >= 15 is 0 Å². The average Bonchev–Trinajstić information content (AvgIpc) is 3.27. The van der Waals surface area contributed by atoms with Gasteiger partial charge in [-0.1, -0.05) is 72.8 Å². The molecule has 0 radical (unpaired) electrons. The minimum Gasteiger partial charge on any atom is -0.459 e. The minimum absolute atomic E-state index is 0.0191. The van der Waals surface area contributed by atoms with Crippen LogP contribution in [0.5, 0.6) is 0 Å². The molecule has 2 fully saturated rings. The fourth-order valence-corrected chi connectivity index (χ4v) is 6.64. The summed E-state index contributed by atoms with van der Waals surface area (Å²) in [5, 5.41) is 21.4. The third kappa shape index (κ3) is 11.2. The fourth-order valence-electron chi connectivity index (χ4n) is 6.64. The van der Waals surface area contributed by atoms with Gasteiger partial charge in [0.2, 0.25) is 0 Å². The van der Waals surface area contributed by atoms with Gasteiger partial charge in [-0.3, -0.25) is 9.59 Å². The molecule has 0 spiro atoms. The molecule has 0 bridgehead atoms. The summed E-state index contributed by atoms with van der Waals surface area (Å²) < 4.78 is 52.8. The number of hydrogen-bond acceptors (Lipinski definition) is 17. The molecular weight excluding hydrogens is 800 g/mol. The third-order valence-corrected chi connectivity index (χ3v) is 9.42. The van der Waals surface area contributed by atoms with Crippen LogP contribution in [-0.4, -0.2) is 121 Å². The van der Waals surface area contributed by atoms with Gasteiger partial charge in [0.1, 0.15) is 18.8 Å². The Hall–Kier alpha value is -6.50. The van der Waals surface area contributed by atoms with Gasteiger partial charge in [0, 0.05) is 13.8 Å². The molecule has 0 amide bonds. The van der Waals surface area contributed by atoms with Gasteiger partial charge in [0.15, 0.2) is 49.2 Å². The second-order valence-electron chi connectivity index (χ2n) is 13.7. The number of ether oxygens (including phenoxy) is 9. The first-order chi connectivity index (χ1) is 29.4. The molecule has 17 nitrogen and oxygen atoms in total. The van der Waals surface area contributed by atoms with Gasteiger partial charge in [-0.2, -0.15) is 0 Å². The first kappa shape index (κ1) is 44.1. The first-order valence-electron chi connectivity index (χ1n) is 19.0. The van der Waals surface area contributed by atoms with E-state index in [9.17, 15) is 39.0 Å². The molecule has 10 atom stereocenters. The van der Waals surface area contributed by atoms with Crippen LogP contribution < -0.4 is 0 Å². The molecule has 2 aliphatic rings. The summed E-state index contributed by atoms with van der Waals surface area (Å²) in [7, 11) is 0. The van der Waals surface area contributed by atoms with E-state index in [-0.39, 0.29) is 22.3 Å². The van der Waals surface area contributed by atoms with Crippen LogP contribution in [-0.2, 0) is 52.2 Å². The number of hydrogen-bond donors (Lipinski definition) is 2. The van der Waals surface area contributed by atoms with Crippen LogP contribution in [0.2, 0.25) is 0 Å². The lowest BCUT2D eigenvalue weighted by Crippen LogP contribution is -2.67. The molecule has 17 heteroatoms. The van der Waals surface area contributed by atoms with Crippen LogP contribution >= 0.6 is 0 Å². The Balaban J connectivity index is 1.47. The predicted molar refractivity (Wildman–Crippen MR) is 206 cm³/mol. The highest BCUT2D eigenvalue weighted by Gasteiger charge is 2.57. The van der Waals surface area contributed by atoms with Gasteiger partial charge in [-0.25, -0.2) is 19.2 Å². The number of benzene rings is 4. The van der Waals surface area contributed by atoms with Crippen LogP contribution in [0.15, 0.2) is 121 Å². The smallest absolute Gasteiger partial charge is 0.338 e. The van der Waals surface area contributed by atoms with Crippen LogP contribution in [0.1, 0.15) is 55.3 Å². The van der Waals surface area contributed by atoms with E-state index in [1.807, 2.05) is 0 Å². The van der Waals surface area contributed by atoms with E-state index in [1.54, 1.807) is 72.8 Å². The lowest BCUT2D eigenvalue weighted by Gasteiger charge is -2.48. The number of carbonyl (C=O) groups excluding carboxylic acids is 6. The molecule has 4 aromatic rings. The number of rotatable bonds is 14. The maximum Gasteiger partial charge on any atom is 0.338 e. The van der Waals surface area contributed by atoms with E-state index < -0.39 is 110 Å². The Bertz CT molecular complexity index is 2120. The number of carbonyl (C=O) groups is 6. The molecule has 4 aromatic carbocycles. The highest BCUT2D eigenvalue weighted by molar-refractivity contribution is 5.91. The van der Waals surface area contributed by atoms with Crippen LogP contribution in [0.25, 0.3) is 0 Å². The van der Waals surface area contributed by atoms with Crippen molar-refractivity contribution < 1.29 is 81.6 Å². The average molecular weight is 843 g/mol. The summed E-state index contributed by atoms with van der Waals surface area (Å²) in [6, 6.07) is 30.9. The minimum atomic E-state index is -2.05. The summed E-state index contributed by atoms with van der Waals surface area (Å²) in [6.07, 6.45) is -17.6. The van der Waals surface area contributed by atoms with E-state index in [0.29, 0.717) is 0 Å². The number of aliphatic hydroxyl groups excluding tert-OH is 2. The van der Waals surface area contributed by atoms with E-state index in [2.05, 4.69) is 0 Å². The summed E-state index contributed by atoms with van der Waals surface area (Å²) in [5.74, 6) is -5.54. The Morgan fingerprint density at radius 2 is 0.852 bits per heavy atom. The van der Waals surface area contributed by atoms with Gasteiger partial charge in [0.05, 0.1) is 28.9 Å². The molecule has 2 N–H and O–H groups in total. The summed E-state index contributed by atoms with van der Waals surface area (Å²) in [6.45, 7) is 0.574. The van der Waals surface area contributed by atoms with Crippen LogP contribution in [0, 0.1) is 0 Å². The normalized spacial score (nSPS) is 25.8. The van der Waals surface area contributed by atoms with Gasteiger partial charge in [-0.15, -0.1) is 0 Å². The number of esters is 6. The topological polar surface area (TPSA) is 226 Å². The van der Waals surface area contributed by atoms with Gasteiger partial charge in [0.25, 0.3) is 0 Å². The van der Waals surface area contributed by atoms with E-state index in [4.69, 9.17) is 42.6 Å². The van der Waals surface area contributed by atoms with Crippen molar-refractivity contribution in [3.05, 3.63) is 144 Å². The SMILES string of the molecule is CC(=O)O[C@@H]1[C@H](O[C@H]2O[C@H](COC(=O)c3ccccc3)[C@@H](OC(=O)c3ccccc3)[C@H](OC(=O)c3ccccc3)[C@@H]2OC(=O)c2ccccc2)[C@@H](O)O[C@H](CO)[C@H]1OC(C)=O. The summed E-state index contributed by atoms with van der Waals surface area (Å²) >= 11 is 0. The predicted octanol–water partition coefficient (Wildman–Crippen LogP) is 3.20. The van der Waals surface area contributed by atoms with Crippen molar-refractivity contribution in [3.63, 3.8) is 0 Å². The largest absolute Gasteiger partial charge is 0.459 e. The first-order valence-corrected chi connectivity index (χ1v) is 19.0. The van der Waals surface area contributed by atoms with E-state index in [0.717, 1.165) is 13.8 Å². The third-order valence-electron chi connectivity index (χ3n) is 9.42. The molecule has 0 saturated carbocycles.